The summed E-state index contributed by atoms with van der Waals surface area (Å²) in [5.74, 6) is 0.725. The van der Waals surface area contributed by atoms with Crippen LogP contribution in [0.15, 0.2) is 18.2 Å². The fourth-order valence-electron chi connectivity index (χ4n) is 2.69. The molecule has 0 saturated carbocycles. The van der Waals surface area contributed by atoms with E-state index in [0.717, 1.165) is 25.6 Å². The summed E-state index contributed by atoms with van der Waals surface area (Å²) in [5, 5.41) is 3.50. The van der Waals surface area contributed by atoms with Crippen molar-refractivity contribution in [3.05, 3.63) is 34.9 Å². The molecule has 0 spiro atoms. The summed E-state index contributed by atoms with van der Waals surface area (Å²) in [6.07, 6.45) is 3.71. The maximum atomic E-state index is 5.07. The Balaban J connectivity index is 2.51. The maximum absolute atomic E-state index is 5.07. The fourth-order valence-corrected chi connectivity index (χ4v) is 2.69. The summed E-state index contributed by atoms with van der Waals surface area (Å²) in [6, 6.07) is 6.89. The first kappa shape index (κ1) is 16.2. The van der Waals surface area contributed by atoms with Gasteiger partial charge >= 0.3 is 0 Å². The van der Waals surface area contributed by atoms with Crippen LogP contribution in [0, 0.1) is 19.8 Å². The van der Waals surface area contributed by atoms with Gasteiger partial charge in [-0.05, 0) is 44.7 Å². The van der Waals surface area contributed by atoms with E-state index in [1.807, 2.05) is 0 Å². The van der Waals surface area contributed by atoms with Crippen molar-refractivity contribution >= 4 is 0 Å². The van der Waals surface area contributed by atoms with Crippen LogP contribution in [-0.4, -0.2) is 26.8 Å². The third kappa shape index (κ3) is 6.74. The Morgan fingerprint density at radius 1 is 1.16 bits per heavy atom. The summed E-state index contributed by atoms with van der Waals surface area (Å²) >= 11 is 0. The number of hydrogen-bond acceptors (Lipinski definition) is 2. The molecule has 0 aliphatic heterocycles. The molecule has 0 radical (unpaired) electrons. The fraction of sp³-hybridized carbons (Fsp3) is 0.647. The summed E-state index contributed by atoms with van der Waals surface area (Å²) in [6.45, 7) is 9.46. The maximum Gasteiger partial charge on any atom is 0.0587 e. The number of aryl methyl sites for hydroxylation is 2. The lowest BCUT2D eigenvalue weighted by molar-refractivity contribution is 0.197. The molecular formula is C17H29NO. The minimum atomic E-state index is 0.725. The van der Waals surface area contributed by atoms with Gasteiger partial charge in [0.2, 0.25) is 0 Å². The summed E-state index contributed by atoms with van der Waals surface area (Å²) < 4.78 is 5.07. The van der Waals surface area contributed by atoms with Gasteiger partial charge in [0.25, 0.3) is 0 Å². The first-order valence-electron chi connectivity index (χ1n) is 7.42. The smallest absolute Gasteiger partial charge is 0.0587 e. The number of nitrogens with one attached hydrogen (secondary N) is 1. The van der Waals surface area contributed by atoms with Gasteiger partial charge in [0.1, 0.15) is 0 Å². The van der Waals surface area contributed by atoms with E-state index in [9.17, 15) is 0 Å². The van der Waals surface area contributed by atoms with E-state index in [4.69, 9.17) is 4.74 Å². The van der Waals surface area contributed by atoms with Gasteiger partial charge in [-0.1, -0.05) is 42.7 Å². The van der Waals surface area contributed by atoms with Gasteiger partial charge in [0.05, 0.1) is 6.61 Å². The standard InChI is InChI=1S/C17H29NO/c1-5-6-16(13-18-7-8-19-4)12-17-10-14(2)9-15(3)11-17/h9-11,16,18H,5-8,12-13H2,1-4H3. The molecule has 2 nitrogen and oxygen atoms in total. The molecule has 0 aliphatic rings. The molecule has 0 aromatic heterocycles. The molecule has 108 valence electrons. The van der Waals surface area contributed by atoms with E-state index in [0.29, 0.717) is 0 Å². The normalized spacial score (nSPS) is 12.6. The van der Waals surface area contributed by atoms with Gasteiger partial charge in [-0.15, -0.1) is 0 Å². The van der Waals surface area contributed by atoms with Crippen LogP contribution in [0.4, 0.5) is 0 Å². The van der Waals surface area contributed by atoms with E-state index < -0.39 is 0 Å². The van der Waals surface area contributed by atoms with Crippen LogP contribution in [0.1, 0.15) is 36.5 Å². The van der Waals surface area contributed by atoms with Crippen molar-refractivity contribution in [3.63, 3.8) is 0 Å². The average molecular weight is 263 g/mol. The molecule has 0 bridgehead atoms. The van der Waals surface area contributed by atoms with Gasteiger partial charge in [-0.2, -0.15) is 0 Å². The molecule has 19 heavy (non-hydrogen) atoms. The molecule has 1 N–H and O–H groups in total. The minimum Gasteiger partial charge on any atom is -0.383 e. The van der Waals surface area contributed by atoms with Crippen LogP contribution in [0.5, 0.6) is 0 Å². The first-order chi connectivity index (χ1) is 9.15. The molecule has 0 amide bonds. The van der Waals surface area contributed by atoms with Crippen LogP contribution >= 0.6 is 0 Å². The van der Waals surface area contributed by atoms with Crippen molar-refractivity contribution in [2.24, 2.45) is 5.92 Å². The molecule has 1 aromatic carbocycles. The molecule has 0 heterocycles. The van der Waals surface area contributed by atoms with E-state index in [2.05, 4.69) is 44.3 Å². The van der Waals surface area contributed by atoms with Crippen molar-refractivity contribution in [1.29, 1.82) is 0 Å². The molecule has 1 rings (SSSR count). The molecule has 1 unspecified atom stereocenters. The Kier molecular flexibility index (Phi) is 7.76. The second-order valence-electron chi connectivity index (χ2n) is 5.55. The number of methoxy groups -OCH3 is 1. The van der Waals surface area contributed by atoms with Crippen molar-refractivity contribution in [2.75, 3.05) is 26.8 Å². The Morgan fingerprint density at radius 3 is 2.42 bits per heavy atom. The van der Waals surface area contributed by atoms with Crippen molar-refractivity contribution in [3.8, 4) is 0 Å². The number of benzene rings is 1. The zero-order valence-electron chi connectivity index (χ0n) is 13.0. The highest BCUT2D eigenvalue weighted by Crippen LogP contribution is 2.16. The van der Waals surface area contributed by atoms with E-state index in [1.165, 1.54) is 36.0 Å². The Hall–Kier alpha value is -0.860. The first-order valence-corrected chi connectivity index (χ1v) is 7.42. The Labute approximate surface area is 118 Å². The van der Waals surface area contributed by atoms with Crippen molar-refractivity contribution in [2.45, 2.75) is 40.0 Å². The van der Waals surface area contributed by atoms with Gasteiger partial charge < -0.3 is 10.1 Å². The zero-order chi connectivity index (χ0) is 14.1. The van der Waals surface area contributed by atoms with Gasteiger partial charge in [0.15, 0.2) is 0 Å². The SMILES string of the molecule is CCCC(CNCCOC)Cc1cc(C)cc(C)c1. The Morgan fingerprint density at radius 2 is 1.84 bits per heavy atom. The third-order valence-electron chi connectivity index (χ3n) is 3.42. The van der Waals surface area contributed by atoms with Gasteiger partial charge in [-0.3, -0.25) is 0 Å². The predicted molar refractivity (Wildman–Crippen MR) is 82.8 cm³/mol. The lowest BCUT2D eigenvalue weighted by atomic mass is 9.93. The van der Waals surface area contributed by atoms with Gasteiger partial charge in [-0.25, -0.2) is 0 Å². The second kappa shape index (κ2) is 9.11. The van der Waals surface area contributed by atoms with Gasteiger partial charge in [0, 0.05) is 13.7 Å². The van der Waals surface area contributed by atoms with Crippen LogP contribution in [-0.2, 0) is 11.2 Å². The highest BCUT2D eigenvalue weighted by atomic mass is 16.5. The minimum absolute atomic E-state index is 0.725. The van der Waals surface area contributed by atoms with E-state index in [1.54, 1.807) is 7.11 Å². The van der Waals surface area contributed by atoms with Crippen LogP contribution in [0.3, 0.4) is 0 Å². The Bertz CT molecular complexity index is 342. The topological polar surface area (TPSA) is 21.3 Å². The quantitative estimate of drug-likeness (QED) is 0.689. The largest absolute Gasteiger partial charge is 0.383 e. The molecular weight excluding hydrogens is 234 g/mol. The lowest BCUT2D eigenvalue weighted by Gasteiger charge is -2.17. The predicted octanol–water partition coefficient (Wildman–Crippen LogP) is 3.50. The number of rotatable bonds is 9. The number of hydrogen-bond donors (Lipinski definition) is 1. The highest BCUT2D eigenvalue weighted by Gasteiger charge is 2.09. The monoisotopic (exact) mass is 263 g/mol. The van der Waals surface area contributed by atoms with Crippen LogP contribution in [0.25, 0.3) is 0 Å². The summed E-state index contributed by atoms with van der Waals surface area (Å²) in [4.78, 5) is 0. The average Bonchev–Trinajstić information content (AvgIpc) is 2.33. The number of ether oxygens (including phenoxy) is 1. The molecule has 1 atom stereocenters. The second-order valence-corrected chi connectivity index (χ2v) is 5.55. The summed E-state index contributed by atoms with van der Waals surface area (Å²) in [7, 11) is 1.75. The van der Waals surface area contributed by atoms with E-state index >= 15 is 0 Å². The van der Waals surface area contributed by atoms with Crippen molar-refractivity contribution in [1.82, 2.24) is 5.32 Å². The van der Waals surface area contributed by atoms with Crippen LogP contribution < -0.4 is 5.32 Å². The molecule has 0 saturated heterocycles. The van der Waals surface area contributed by atoms with Crippen LogP contribution in [0.2, 0.25) is 0 Å². The zero-order valence-corrected chi connectivity index (χ0v) is 13.0. The molecule has 1 aromatic rings. The molecule has 0 fully saturated rings. The highest BCUT2D eigenvalue weighted by molar-refractivity contribution is 5.28. The lowest BCUT2D eigenvalue weighted by Crippen LogP contribution is -2.27. The summed E-state index contributed by atoms with van der Waals surface area (Å²) in [5.41, 5.74) is 4.22. The third-order valence-corrected chi connectivity index (χ3v) is 3.42. The molecule has 0 aliphatic carbocycles. The van der Waals surface area contributed by atoms with E-state index in [-0.39, 0.29) is 0 Å². The van der Waals surface area contributed by atoms with Crippen molar-refractivity contribution < 1.29 is 4.74 Å². The molecule has 2 heteroatoms.